The van der Waals surface area contributed by atoms with Crippen LogP contribution in [0.5, 0.6) is 5.75 Å². The first-order chi connectivity index (χ1) is 14.6. The van der Waals surface area contributed by atoms with E-state index in [1.807, 2.05) is 32.0 Å². The molecule has 3 rings (SSSR count). The maximum absolute atomic E-state index is 12.5. The Labute approximate surface area is 185 Å². The number of halogens is 4. The van der Waals surface area contributed by atoms with Gasteiger partial charge in [0.25, 0.3) is 0 Å². The molecule has 6 nitrogen and oxygen atoms in total. The van der Waals surface area contributed by atoms with E-state index < -0.39 is 18.7 Å². The lowest BCUT2D eigenvalue weighted by molar-refractivity contribution is -0.153. The van der Waals surface area contributed by atoms with Crippen molar-refractivity contribution < 1.29 is 22.7 Å². The van der Waals surface area contributed by atoms with Gasteiger partial charge in [-0.25, -0.2) is 0 Å². The summed E-state index contributed by atoms with van der Waals surface area (Å²) >= 11 is 7.04. The lowest BCUT2D eigenvalue weighted by Crippen LogP contribution is -2.21. The minimum absolute atomic E-state index is 0.0469. The standard InChI is InChI=1S/C20H18ClF3N4O2S/c1-12-3-5-15(7-13(12)2)28-11-25-27-19(28)31-9-18(29)26-16-8-14(21)4-6-17(16)30-10-20(22,23)24/h3-8,11H,9-10H2,1-2H3,(H,26,29). The van der Waals surface area contributed by atoms with Gasteiger partial charge in [-0.3, -0.25) is 9.36 Å². The number of rotatable bonds is 7. The number of hydrogen-bond donors (Lipinski definition) is 1. The van der Waals surface area contributed by atoms with E-state index in [4.69, 9.17) is 16.3 Å². The molecule has 0 aliphatic rings. The van der Waals surface area contributed by atoms with Gasteiger partial charge in [-0.15, -0.1) is 10.2 Å². The monoisotopic (exact) mass is 470 g/mol. The Morgan fingerprint density at radius 3 is 2.68 bits per heavy atom. The quantitative estimate of drug-likeness (QED) is 0.480. The molecule has 11 heteroatoms. The molecule has 0 aliphatic heterocycles. The largest absolute Gasteiger partial charge is 0.482 e. The zero-order chi connectivity index (χ0) is 22.6. The van der Waals surface area contributed by atoms with Crippen molar-refractivity contribution in [2.75, 3.05) is 17.7 Å². The van der Waals surface area contributed by atoms with E-state index in [1.54, 1.807) is 10.9 Å². The van der Waals surface area contributed by atoms with Crippen molar-refractivity contribution in [3.8, 4) is 11.4 Å². The molecule has 1 N–H and O–H groups in total. The number of nitrogens with one attached hydrogen (secondary N) is 1. The lowest BCUT2D eigenvalue weighted by Gasteiger charge is -2.14. The number of alkyl halides is 3. The van der Waals surface area contributed by atoms with E-state index in [-0.39, 0.29) is 22.2 Å². The third kappa shape index (κ3) is 6.38. The van der Waals surface area contributed by atoms with Crippen molar-refractivity contribution in [1.29, 1.82) is 0 Å². The molecule has 164 valence electrons. The molecular formula is C20H18ClF3N4O2S. The number of aromatic nitrogens is 3. The van der Waals surface area contributed by atoms with Gasteiger partial charge in [0, 0.05) is 10.7 Å². The van der Waals surface area contributed by atoms with Crippen molar-refractivity contribution in [2.24, 2.45) is 0 Å². The third-order valence-electron chi connectivity index (χ3n) is 4.22. The van der Waals surface area contributed by atoms with Crippen molar-refractivity contribution in [3.05, 3.63) is 58.9 Å². The van der Waals surface area contributed by atoms with Crippen molar-refractivity contribution in [2.45, 2.75) is 25.2 Å². The Morgan fingerprint density at radius 2 is 1.97 bits per heavy atom. The maximum Gasteiger partial charge on any atom is 0.422 e. The molecule has 31 heavy (non-hydrogen) atoms. The van der Waals surface area contributed by atoms with Gasteiger partial charge in [0.2, 0.25) is 5.91 Å². The van der Waals surface area contributed by atoms with Crippen LogP contribution >= 0.6 is 23.4 Å². The normalized spacial score (nSPS) is 11.4. The lowest BCUT2D eigenvalue weighted by atomic mass is 10.1. The van der Waals surface area contributed by atoms with Crippen LogP contribution in [-0.4, -0.2) is 39.2 Å². The predicted octanol–water partition coefficient (Wildman–Crippen LogP) is 5.21. The van der Waals surface area contributed by atoms with Crippen LogP contribution in [0.25, 0.3) is 5.69 Å². The van der Waals surface area contributed by atoms with Crippen LogP contribution < -0.4 is 10.1 Å². The van der Waals surface area contributed by atoms with Crippen molar-refractivity contribution >= 4 is 35.0 Å². The van der Waals surface area contributed by atoms with Gasteiger partial charge in [-0.2, -0.15) is 13.2 Å². The second-order valence-electron chi connectivity index (χ2n) is 6.63. The van der Waals surface area contributed by atoms with Crippen LogP contribution in [-0.2, 0) is 4.79 Å². The second kappa shape index (κ2) is 9.61. The third-order valence-corrected chi connectivity index (χ3v) is 5.40. The molecule has 0 unspecified atom stereocenters. The predicted molar refractivity (Wildman–Crippen MR) is 113 cm³/mol. The molecule has 2 aromatic carbocycles. The first kappa shape index (κ1) is 23.0. The number of benzene rings is 2. The zero-order valence-corrected chi connectivity index (χ0v) is 18.1. The van der Waals surface area contributed by atoms with Crippen LogP contribution in [0.3, 0.4) is 0 Å². The number of carbonyl (C=O) groups excluding carboxylic acids is 1. The van der Waals surface area contributed by atoms with Gasteiger partial charge in [0.05, 0.1) is 11.4 Å². The van der Waals surface area contributed by atoms with E-state index >= 15 is 0 Å². The zero-order valence-electron chi connectivity index (χ0n) is 16.5. The molecular weight excluding hydrogens is 453 g/mol. The molecule has 0 spiro atoms. The van der Waals surface area contributed by atoms with Gasteiger partial charge in [-0.1, -0.05) is 29.4 Å². The first-order valence-corrected chi connectivity index (χ1v) is 10.4. The molecule has 3 aromatic rings. The fraction of sp³-hybridized carbons (Fsp3) is 0.250. The summed E-state index contributed by atoms with van der Waals surface area (Å²) in [6.45, 7) is 2.52. The summed E-state index contributed by atoms with van der Waals surface area (Å²) in [6, 6.07) is 9.86. The van der Waals surface area contributed by atoms with Gasteiger partial charge < -0.3 is 10.1 Å². The summed E-state index contributed by atoms with van der Waals surface area (Å²) in [5, 5.41) is 11.2. The topological polar surface area (TPSA) is 69.0 Å². The van der Waals surface area contributed by atoms with Gasteiger partial charge in [-0.05, 0) is 55.3 Å². The molecule has 0 radical (unpaired) electrons. The average molecular weight is 471 g/mol. The first-order valence-electron chi connectivity index (χ1n) is 9.02. The summed E-state index contributed by atoms with van der Waals surface area (Å²) in [7, 11) is 0. The summed E-state index contributed by atoms with van der Waals surface area (Å²) in [6.07, 6.45) is -2.96. The Bertz CT molecular complexity index is 1090. The molecule has 0 fully saturated rings. The highest BCUT2D eigenvalue weighted by Crippen LogP contribution is 2.30. The number of amides is 1. The van der Waals surface area contributed by atoms with E-state index in [9.17, 15) is 18.0 Å². The summed E-state index contributed by atoms with van der Waals surface area (Å²) in [5.74, 6) is -0.633. The van der Waals surface area contributed by atoms with Gasteiger partial charge in [0.15, 0.2) is 11.8 Å². The summed E-state index contributed by atoms with van der Waals surface area (Å²) in [4.78, 5) is 12.4. The number of ether oxygens (including phenoxy) is 1. The van der Waals surface area contributed by atoms with E-state index in [0.717, 1.165) is 28.6 Å². The molecule has 0 saturated heterocycles. The highest BCUT2D eigenvalue weighted by molar-refractivity contribution is 7.99. The van der Waals surface area contributed by atoms with Gasteiger partial charge >= 0.3 is 6.18 Å². The minimum atomic E-state index is -4.50. The fourth-order valence-electron chi connectivity index (χ4n) is 2.58. The smallest absolute Gasteiger partial charge is 0.422 e. The van der Waals surface area contributed by atoms with Crippen LogP contribution in [0.4, 0.5) is 18.9 Å². The number of anilines is 1. The Kier molecular flexibility index (Phi) is 7.11. The molecule has 0 atom stereocenters. The summed E-state index contributed by atoms with van der Waals surface area (Å²) in [5.41, 5.74) is 3.16. The van der Waals surface area contributed by atoms with Crippen molar-refractivity contribution in [1.82, 2.24) is 14.8 Å². The number of hydrogen-bond acceptors (Lipinski definition) is 5. The van der Waals surface area contributed by atoms with E-state index in [1.165, 1.54) is 18.2 Å². The number of nitrogens with zero attached hydrogens (tertiary/aromatic N) is 3. The Morgan fingerprint density at radius 1 is 1.19 bits per heavy atom. The molecule has 0 saturated carbocycles. The number of thioether (sulfide) groups is 1. The van der Waals surface area contributed by atoms with Crippen LogP contribution in [0.15, 0.2) is 47.9 Å². The highest BCUT2D eigenvalue weighted by atomic mass is 35.5. The van der Waals surface area contributed by atoms with Gasteiger partial charge in [0.1, 0.15) is 12.1 Å². The van der Waals surface area contributed by atoms with Crippen LogP contribution in [0.1, 0.15) is 11.1 Å². The van der Waals surface area contributed by atoms with E-state index in [2.05, 4.69) is 15.5 Å². The molecule has 0 aliphatic carbocycles. The maximum atomic E-state index is 12.5. The Hall–Kier alpha value is -2.72. The second-order valence-corrected chi connectivity index (χ2v) is 8.01. The number of aryl methyl sites for hydroxylation is 2. The molecule has 0 bridgehead atoms. The molecule has 1 heterocycles. The minimum Gasteiger partial charge on any atom is -0.482 e. The average Bonchev–Trinajstić information content (AvgIpc) is 3.16. The number of carbonyl (C=O) groups is 1. The summed E-state index contributed by atoms with van der Waals surface area (Å²) < 4.78 is 43.9. The molecule has 1 aromatic heterocycles. The fourth-order valence-corrected chi connectivity index (χ4v) is 3.48. The Balaban J connectivity index is 1.67. The highest BCUT2D eigenvalue weighted by Gasteiger charge is 2.29. The van der Waals surface area contributed by atoms with Crippen LogP contribution in [0.2, 0.25) is 5.02 Å². The van der Waals surface area contributed by atoms with E-state index in [0.29, 0.717) is 5.16 Å². The van der Waals surface area contributed by atoms with Crippen LogP contribution in [0, 0.1) is 13.8 Å². The van der Waals surface area contributed by atoms with Crippen molar-refractivity contribution in [3.63, 3.8) is 0 Å². The SMILES string of the molecule is Cc1ccc(-n2cnnc2SCC(=O)Nc2cc(Cl)ccc2OCC(F)(F)F)cc1C. The molecule has 1 amide bonds.